The summed E-state index contributed by atoms with van der Waals surface area (Å²) in [6.07, 6.45) is 0.294. The van der Waals surface area contributed by atoms with E-state index in [4.69, 9.17) is 4.74 Å². The van der Waals surface area contributed by atoms with Crippen LogP contribution in [0.25, 0.3) is 0 Å². The molecule has 2 aliphatic heterocycles. The summed E-state index contributed by atoms with van der Waals surface area (Å²) in [6.45, 7) is 7.61. The Kier molecular flexibility index (Phi) is 4.39. The molecule has 4 atom stereocenters. The topological polar surface area (TPSA) is 60.2 Å². The molecule has 0 amide bonds. The molecule has 25 heavy (non-hydrogen) atoms. The molecule has 0 aliphatic carbocycles. The number of aryl methyl sites for hydroxylation is 1. The Labute approximate surface area is 151 Å². The molecule has 0 saturated carbocycles. The number of ether oxygens (including phenoxy) is 1. The largest absolute Gasteiger partial charge is 0.373 e. The smallest absolute Gasteiger partial charge is 0.264 e. The molecule has 1 saturated heterocycles. The van der Waals surface area contributed by atoms with Gasteiger partial charge in [-0.05, 0) is 26.3 Å². The fourth-order valence-electron chi connectivity index (χ4n) is 3.77. The maximum atomic E-state index is 13.0. The lowest BCUT2D eigenvalue weighted by atomic mass is 9.99. The fraction of sp³-hybridized carbons (Fsp3) is 0.500. The molecular weight excluding hydrogens is 336 g/mol. The monoisotopic (exact) mass is 358 g/mol. The molecule has 6 nitrogen and oxygen atoms in total. The van der Waals surface area contributed by atoms with E-state index in [-0.39, 0.29) is 29.4 Å². The highest BCUT2D eigenvalue weighted by Gasteiger charge is 2.44. The Morgan fingerprint density at radius 2 is 1.88 bits per heavy atom. The molecule has 0 radical (unpaired) electrons. The van der Waals surface area contributed by atoms with Crippen molar-refractivity contribution in [1.82, 2.24) is 19.7 Å². The van der Waals surface area contributed by atoms with Crippen molar-refractivity contribution in [1.29, 1.82) is 0 Å². The average molecular weight is 358 g/mol. The molecule has 1 aromatic carbocycles. The van der Waals surface area contributed by atoms with Crippen LogP contribution in [0.4, 0.5) is 0 Å². The first-order valence-electron chi connectivity index (χ1n) is 8.62. The van der Waals surface area contributed by atoms with Crippen molar-refractivity contribution in [3.63, 3.8) is 0 Å². The number of morpholine rings is 1. The average Bonchev–Trinajstić information content (AvgIpc) is 3.06. The Hall–Kier alpha value is -1.70. The number of hydrogen-bond donors (Lipinski definition) is 0. The van der Waals surface area contributed by atoms with E-state index < -0.39 is 0 Å². The zero-order valence-corrected chi connectivity index (χ0v) is 15.4. The number of carbonyl (C=O) groups is 1. The number of benzene rings is 1. The van der Waals surface area contributed by atoms with Crippen LogP contribution in [-0.2, 0) is 4.74 Å². The molecule has 3 heterocycles. The fourth-order valence-corrected chi connectivity index (χ4v) is 5.07. The van der Waals surface area contributed by atoms with Gasteiger partial charge >= 0.3 is 0 Å². The second kappa shape index (κ2) is 6.55. The van der Waals surface area contributed by atoms with Crippen molar-refractivity contribution in [3.05, 3.63) is 41.7 Å². The van der Waals surface area contributed by atoms with Crippen LogP contribution in [0.1, 0.15) is 36.1 Å². The molecule has 1 aromatic heterocycles. The van der Waals surface area contributed by atoms with E-state index in [1.54, 1.807) is 0 Å². The van der Waals surface area contributed by atoms with Crippen LogP contribution in [0.2, 0.25) is 0 Å². The van der Waals surface area contributed by atoms with Crippen LogP contribution in [-0.4, -0.2) is 56.1 Å². The summed E-state index contributed by atoms with van der Waals surface area (Å²) in [5.41, 5.74) is 1.15. The zero-order valence-electron chi connectivity index (χ0n) is 14.6. The van der Waals surface area contributed by atoms with Gasteiger partial charge in [-0.2, -0.15) is 4.68 Å². The van der Waals surface area contributed by atoms with E-state index in [0.717, 1.165) is 18.7 Å². The quantitative estimate of drug-likeness (QED) is 0.840. The van der Waals surface area contributed by atoms with Gasteiger partial charge in [0.2, 0.25) is 0 Å². The minimum atomic E-state index is -0.240. The Morgan fingerprint density at radius 3 is 2.52 bits per heavy atom. The number of nitrogens with zero attached hydrogens (tertiary/aromatic N) is 4. The van der Waals surface area contributed by atoms with E-state index in [9.17, 15) is 4.79 Å². The van der Waals surface area contributed by atoms with Gasteiger partial charge in [0.05, 0.1) is 18.2 Å². The molecule has 1 fully saturated rings. The molecule has 2 aliphatic rings. The van der Waals surface area contributed by atoms with Gasteiger partial charge in [0, 0.05) is 13.1 Å². The van der Waals surface area contributed by atoms with Crippen molar-refractivity contribution in [2.45, 2.75) is 49.4 Å². The Bertz CT molecular complexity index is 769. The summed E-state index contributed by atoms with van der Waals surface area (Å²) in [7, 11) is 0. The van der Waals surface area contributed by atoms with Gasteiger partial charge in [-0.3, -0.25) is 9.69 Å². The van der Waals surface area contributed by atoms with Crippen LogP contribution < -0.4 is 0 Å². The molecular formula is C18H22N4O2S. The van der Waals surface area contributed by atoms with Crippen LogP contribution in [0.5, 0.6) is 0 Å². The number of aromatic nitrogens is 3. The Balaban J connectivity index is 1.69. The molecule has 7 heteroatoms. The molecule has 0 N–H and O–H groups in total. The normalized spacial score (nSPS) is 28.1. The number of carbonyl (C=O) groups excluding carboxylic acids is 1. The van der Waals surface area contributed by atoms with E-state index in [0.29, 0.717) is 11.0 Å². The summed E-state index contributed by atoms with van der Waals surface area (Å²) in [5, 5.41) is 4.72. The summed E-state index contributed by atoms with van der Waals surface area (Å²) >= 11 is 1.52. The third-order valence-corrected chi connectivity index (χ3v) is 5.83. The molecule has 132 valence electrons. The van der Waals surface area contributed by atoms with Gasteiger partial charge < -0.3 is 4.74 Å². The van der Waals surface area contributed by atoms with Crippen LogP contribution >= 0.6 is 11.8 Å². The lowest BCUT2D eigenvalue weighted by Gasteiger charge is -2.41. The van der Waals surface area contributed by atoms with Gasteiger partial charge in [-0.25, -0.2) is 4.98 Å². The highest BCUT2D eigenvalue weighted by Crippen LogP contribution is 2.41. The van der Waals surface area contributed by atoms with E-state index in [2.05, 4.69) is 41.0 Å². The van der Waals surface area contributed by atoms with Crippen molar-refractivity contribution < 1.29 is 9.53 Å². The van der Waals surface area contributed by atoms with Gasteiger partial charge in [0.25, 0.3) is 5.91 Å². The van der Waals surface area contributed by atoms with Crippen LogP contribution in [0.15, 0.2) is 35.5 Å². The van der Waals surface area contributed by atoms with Crippen molar-refractivity contribution in [3.8, 4) is 0 Å². The van der Waals surface area contributed by atoms with Gasteiger partial charge in [-0.15, -0.1) is 5.10 Å². The lowest BCUT2D eigenvalue weighted by molar-refractivity contribution is -0.0804. The van der Waals surface area contributed by atoms with E-state index >= 15 is 0 Å². The molecule has 2 aromatic rings. The number of thioether (sulfide) groups is 1. The zero-order chi connectivity index (χ0) is 17.6. The highest BCUT2D eigenvalue weighted by atomic mass is 32.2. The second-order valence-electron chi connectivity index (χ2n) is 6.80. The predicted molar refractivity (Wildman–Crippen MR) is 95.8 cm³/mol. The number of fused-ring (bicyclic) bond motifs is 1. The van der Waals surface area contributed by atoms with Gasteiger partial charge in [0.1, 0.15) is 11.1 Å². The summed E-state index contributed by atoms with van der Waals surface area (Å²) in [5.74, 6) is 0.653. The van der Waals surface area contributed by atoms with E-state index in [1.165, 1.54) is 16.4 Å². The third kappa shape index (κ3) is 3.12. The Morgan fingerprint density at radius 1 is 1.20 bits per heavy atom. The number of rotatable bonds is 3. The number of hydrogen-bond acceptors (Lipinski definition) is 6. The van der Waals surface area contributed by atoms with Gasteiger partial charge in [-0.1, -0.05) is 42.1 Å². The predicted octanol–water partition coefficient (Wildman–Crippen LogP) is 2.55. The van der Waals surface area contributed by atoms with Crippen LogP contribution in [0.3, 0.4) is 0 Å². The first-order valence-corrected chi connectivity index (χ1v) is 9.50. The first kappa shape index (κ1) is 16.8. The molecule has 4 rings (SSSR count). The summed E-state index contributed by atoms with van der Waals surface area (Å²) in [6, 6.07) is 10.2. The first-order chi connectivity index (χ1) is 12.0. The molecule has 0 bridgehead atoms. The van der Waals surface area contributed by atoms with Crippen molar-refractivity contribution >= 4 is 17.7 Å². The highest BCUT2D eigenvalue weighted by molar-refractivity contribution is 8.00. The van der Waals surface area contributed by atoms with Gasteiger partial charge in [0.15, 0.2) is 5.16 Å². The summed E-state index contributed by atoms with van der Waals surface area (Å²) < 4.78 is 7.36. The SMILES string of the molecule is Cc1nc2n(n1)C(=O)C(C(c1ccccc1)N1CC(C)OC(C)C1)S2. The van der Waals surface area contributed by atoms with Crippen LogP contribution in [0, 0.1) is 6.92 Å². The van der Waals surface area contributed by atoms with Crippen molar-refractivity contribution in [2.24, 2.45) is 0 Å². The van der Waals surface area contributed by atoms with E-state index in [1.807, 2.05) is 25.1 Å². The maximum Gasteiger partial charge on any atom is 0.264 e. The van der Waals surface area contributed by atoms with Crippen molar-refractivity contribution in [2.75, 3.05) is 13.1 Å². The third-order valence-electron chi connectivity index (χ3n) is 4.64. The minimum absolute atomic E-state index is 0.0150. The molecule has 0 spiro atoms. The maximum absolute atomic E-state index is 13.0. The minimum Gasteiger partial charge on any atom is -0.373 e. The summed E-state index contributed by atoms with van der Waals surface area (Å²) in [4.78, 5) is 19.8. The standard InChI is InChI=1S/C18H22N4O2S/c1-11-9-21(10-12(2)24-11)15(14-7-5-4-6-8-14)16-17(23)22-18(25-16)19-13(3)20-22/h4-8,11-12,15-16H,9-10H2,1-3H3. The molecule has 4 unspecified atom stereocenters. The second-order valence-corrected chi connectivity index (χ2v) is 7.91. The lowest BCUT2D eigenvalue weighted by Crippen LogP contribution is -2.50.